The summed E-state index contributed by atoms with van der Waals surface area (Å²) in [6, 6.07) is -0.0821. The predicted molar refractivity (Wildman–Crippen MR) is 63.8 cm³/mol. The van der Waals surface area contributed by atoms with E-state index in [-0.39, 0.29) is 11.6 Å². The van der Waals surface area contributed by atoms with E-state index in [1.54, 1.807) is 0 Å². The van der Waals surface area contributed by atoms with Crippen LogP contribution in [-0.4, -0.2) is 24.7 Å². The third-order valence-corrected chi connectivity index (χ3v) is 1.90. The summed E-state index contributed by atoms with van der Waals surface area (Å²) < 4.78 is 0. The Morgan fingerprint density at radius 2 is 1.73 bits per heavy atom. The molecule has 4 N–H and O–H groups in total. The second-order valence-electron chi connectivity index (χ2n) is 4.83. The van der Waals surface area contributed by atoms with Crippen molar-refractivity contribution in [2.24, 2.45) is 5.73 Å². The van der Waals surface area contributed by atoms with Crippen molar-refractivity contribution in [1.82, 2.24) is 10.6 Å². The van der Waals surface area contributed by atoms with Crippen LogP contribution in [0.2, 0.25) is 0 Å². The number of carbonyl (C=O) groups excluding carboxylic acids is 1. The number of hydrogen-bond acceptors (Lipinski definition) is 2. The minimum Gasteiger partial charge on any atom is -0.338 e. The molecule has 4 nitrogen and oxygen atoms in total. The Hall–Kier alpha value is -0.770. The molecule has 0 aromatic carbocycles. The van der Waals surface area contributed by atoms with E-state index in [1.165, 1.54) is 0 Å². The van der Waals surface area contributed by atoms with Gasteiger partial charge in [-0.2, -0.15) is 0 Å². The first-order valence-corrected chi connectivity index (χ1v) is 5.72. The van der Waals surface area contributed by atoms with Crippen LogP contribution in [0.15, 0.2) is 0 Å². The van der Waals surface area contributed by atoms with E-state index in [0.29, 0.717) is 0 Å². The molecule has 0 heterocycles. The first-order chi connectivity index (χ1) is 6.95. The summed E-state index contributed by atoms with van der Waals surface area (Å²) in [5, 5.41) is 5.69. The number of unbranched alkanes of at least 4 members (excludes halogenated alkanes) is 3. The molecule has 0 aliphatic heterocycles. The van der Waals surface area contributed by atoms with Crippen LogP contribution in [0.5, 0.6) is 0 Å². The minimum atomic E-state index is -0.163. The zero-order chi connectivity index (χ0) is 11.7. The van der Waals surface area contributed by atoms with Gasteiger partial charge in [0.05, 0.1) is 0 Å². The van der Waals surface area contributed by atoms with Gasteiger partial charge in [-0.1, -0.05) is 12.8 Å². The molecule has 4 heteroatoms. The topological polar surface area (TPSA) is 67.2 Å². The molecule has 2 amide bonds. The maximum atomic E-state index is 11.3. The fourth-order valence-electron chi connectivity index (χ4n) is 1.21. The SMILES string of the molecule is CC(C)(C)NC(=O)NCCCCCCN. The van der Waals surface area contributed by atoms with Crippen LogP contribution in [-0.2, 0) is 0 Å². The van der Waals surface area contributed by atoms with Gasteiger partial charge in [0.25, 0.3) is 0 Å². The van der Waals surface area contributed by atoms with Crippen molar-refractivity contribution in [1.29, 1.82) is 0 Å². The van der Waals surface area contributed by atoms with Gasteiger partial charge >= 0.3 is 6.03 Å². The van der Waals surface area contributed by atoms with Gasteiger partial charge in [-0.25, -0.2) is 4.79 Å². The standard InChI is InChI=1S/C11H25N3O/c1-11(2,3)14-10(15)13-9-7-5-4-6-8-12/h4-9,12H2,1-3H3,(H2,13,14,15). The first kappa shape index (κ1) is 14.2. The van der Waals surface area contributed by atoms with Gasteiger partial charge in [-0.15, -0.1) is 0 Å². The largest absolute Gasteiger partial charge is 0.338 e. The average Bonchev–Trinajstić information content (AvgIpc) is 2.08. The van der Waals surface area contributed by atoms with Crippen molar-refractivity contribution in [2.75, 3.05) is 13.1 Å². The Morgan fingerprint density at radius 3 is 2.27 bits per heavy atom. The molecule has 90 valence electrons. The maximum Gasteiger partial charge on any atom is 0.315 e. The van der Waals surface area contributed by atoms with Crippen molar-refractivity contribution in [3.63, 3.8) is 0 Å². The number of amides is 2. The molecular weight excluding hydrogens is 190 g/mol. The number of rotatable bonds is 6. The van der Waals surface area contributed by atoms with E-state index in [4.69, 9.17) is 5.73 Å². The monoisotopic (exact) mass is 215 g/mol. The lowest BCUT2D eigenvalue weighted by Crippen LogP contribution is -2.46. The molecule has 15 heavy (non-hydrogen) atoms. The van der Waals surface area contributed by atoms with Crippen LogP contribution in [0, 0.1) is 0 Å². The van der Waals surface area contributed by atoms with Crippen molar-refractivity contribution in [3.05, 3.63) is 0 Å². The lowest BCUT2D eigenvalue weighted by molar-refractivity contribution is 0.232. The quantitative estimate of drug-likeness (QED) is 0.589. The molecule has 0 aromatic rings. The highest BCUT2D eigenvalue weighted by Gasteiger charge is 2.12. The summed E-state index contributed by atoms with van der Waals surface area (Å²) in [5.41, 5.74) is 5.22. The van der Waals surface area contributed by atoms with Gasteiger partial charge in [-0.05, 0) is 40.2 Å². The van der Waals surface area contributed by atoms with E-state index in [2.05, 4.69) is 10.6 Å². The highest BCUT2D eigenvalue weighted by atomic mass is 16.2. The van der Waals surface area contributed by atoms with E-state index >= 15 is 0 Å². The van der Waals surface area contributed by atoms with Crippen LogP contribution in [0.4, 0.5) is 4.79 Å². The molecule has 0 aliphatic carbocycles. The predicted octanol–water partition coefficient (Wildman–Crippen LogP) is 1.60. The van der Waals surface area contributed by atoms with E-state index in [9.17, 15) is 4.79 Å². The molecule has 0 fully saturated rings. The molecule has 0 saturated heterocycles. The van der Waals surface area contributed by atoms with Crippen LogP contribution in [0.1, 0.15) is 46.5 Å². The zero-order valence-corrected chi connectivity index (χ0v) is 10.2. The van der Waals surface area contributed by atoms with E-state index < -0.39 is 0 Å². The Morgan fingerprint density at radius 1 is 1.13 bits per heavy atom. The van der Waals surface area contributed by atoms with Crippen LogP contribution < -0.4 is 16.4 Å². The molecule has 0 atom stereocenters. The van der Waals surface area contributed by atoms with Crippen LogP contribution >= 0.6 is 0 Å². The molecule has 0 aliphatic rings. The number of nitrogens with one attached hydrogen (secondary N) is 2. The number of carbonyl (C=O) groups is 1. The van der Waals surface area contributed by atoms with Gasteiger partial charge in [-0.3, -0.25) is 0 Å². The first-order valence-electron chi connectivity index (χ1n) is 5.72. The second-order valence-corrected chi connectivity index (χ2v) is 4.83. The zero-order valence-electron chi connectivity index (χ0n) is 10.2. The fourth-order valence-corrected chi connectivity index (χ4v) is 1.21. The molecule has 0 rings (SSSR count). The molecule has 0 unspecified atom stereocenters. The van der Waals surface area contributed by atoms with Gasteiger partial charge in [0.2, 0.25) is 0 Å². The van der Waals surface area contributed by atoms with Crippen molar-refractivity contribution in [3.8, 4) is 0 Å². The Kier molecular flexibility index (Phi) is 7.13. The Bertz CT molecular complexity index is 175. The highest BCUT2D eigenvalue weighted by Crippen LogP contribution is 1.99. The van der Waals surface area contributed by atoms with Gasteiger partial charge in [0.15, 0.2) is 0 Å². The molecular formula is C11H25N3O. The van der Waals surface area contributed by atoms with Crippen molar-refractivity contribution in [2.45, 2.75) is 52.0 Å². The van der Waals surface area contributed by atoms with E-state index in [1.807, 2.05) is 20.8 Å². The summed E-state index contributed by atoms with van der Waals surface area (Å²) in [6.45, 7) is 7.40. The maximum absolute atomic E-state index is 11.3. The molecule has 0 bridgehead atoms. The summed E-state index contributed by atoms with van der Waals surface area (Å²) in [7, 11) is 0. The summed E-state index contributed by atoms with van der Waals surface area (Å²) in [6.07, 6.45) is 4.39. The normalized spacial score (nSPS) is 11.2. The average molecular weight is 215 g/mol. The van der Waals surface area contributed by atoms with E-state index in [0.717, 1.165) is 38.8 Å². The third kappa shape index (κ3) is 11.2. The minimum absolute atomic E-state index is 0.0821. The number of hydrogen-bond donors (Lipinski definition) is 3. The molecule has 0 saturated carbocycles. The van der Waals surface area contributed by atoms with Crippen LogP contribution in [0.3, 0.4) is 0 Å². The molecule has 0 aromatic heterocycles. The second kappa shape index (κ2) is 7.51. The van der Waals surface area contributed by atoms with Crippen LogP contribution in [0.25, 0.3) is 0 Å². The highest BCUT2D eigenvalue weighted by molar-refractivity contribution is 5.74. The Balaban J connectivity index is 3.32. The smallest absolute Gasteiger partial charge is 0.315 e. The summed E-state index contributed by atoms with van der Waals surface area (Å²) in [4.78, 5) is 11.3. The number of urea groups is 1. The van der Waals surface area contributed by atoms with Gasteiger partial charge in [0, 0.05) is 12.1 Å². The molecule has 0 spiro atoms. The van der Waals surface area contributed by atoms with Gasteiger partial charge in [0.1, 0.15) is 0 Å². The van der Waals surface area contributed by atoms with Gasteiger partial charge < -0.3 is 16.4 Å². The lowest BCUT2D eigenvalue weighted by atomic mass is 10.1. The third-order valence-electron chi connectivity index (χ3n) is 1.90. The number of nitrogens with two attached hydrogens (primary N) is 1. The summed E-state index contributed by atoms with van der Waals surface area (Å²) in [5.74, 6) is 0. The lowest BCUT2D eigenvalue weighted by Gasteiger charge is -2.20. The Labute approximate surface area is 93.0 Å². The van der Waals surface area contributed by atoms with Crippen molar-refractivity contribution < 1.29 is 4.79 Å². The summed E-state index contributed by atoms with van der Waals surface area (Å²) >= 11 is 0. The molecule has 0 radical (unpaired) electrons. The van der Waals surface area contributed by atoms with Crippen molar-refractivity contribution >= 4 is 6.03 Å². The fraction of sp³-hybridized carbons (Fsp3) is 0.909.